The zero-order valence-electron chi connectivity index (χ0n) is 16.5. The summed E-state index contributed by atoms with van der Waals surface area (Å²) in [5.41, 5.74) is 2.22. The summed E-state index contributed by atoms with van der Waals surface area (Å²) in [6, 6.07) is 18.2. The van der Waals surface area contributed by atoms with Crippen molar-refractivity contribution in [3.63, 3.8) is 0 Å². The molecule has 2 aromatic carbocycles. The first kappa shape index (κ1) is 21.7. The second-order valence-electron chi connectivity index (χ2n) is 7.07. The minimum absolute atomic E-state index is 0. The summed E-state index contributed by atoms with van der Waals surface area (Å²) >= 11 is 6.61. The summed E-state index contributed by atoms with van der Waals surface area (Å²) in [6.45, 7) is 7.93. The van der Waals surface area contributed by atoms with Crippen LogP contribution in [0.4, 0.5) is 0 Å². The van der Waals surface area contributed by atoms with Crippen LogP contribution in [0.15, 0.2) is 54.6 Å². The first-order valence-electron chi connectivity index (χ1n) is 9.77. The van der Waals surface area contributed by atoms with Crippen LogP contribution in [0.5, 0.6) is 0 Å². The Morgan fingerprint density at radius 3 is 2.34 bits per heavy atom. The van der Waals surface area contributed by atoms with Crippen molar-refractivity contribution in [2.24, 2.45) is 0 Å². The van der Waals surface area contributed by atoms with Crippen LogP contribution in [-0.4, -0.2) is 62.7 Å². The summed E-state index contributed by atoms with van der Waals surface area (Å²) in [7, 11) is 0. The van der Waals surface area contributed by atoms with Gasteiger partial charge in [-0.2, -0.15) is 0 Å². The highest BCUT2D eigenvalue weighted by Gasteiger charge is 2.31. The van der Waals surface area contributed by atoms with E-state index < -0.39 is 0 Å². The second kappa shape index (κ2) is 10.2. The Morgan fingerprint density at radius 1 is 0.966 bits per heavy atom. The highest BCUT2D eigenvalue weighted by molar-refractivity contribution is 6.31. The van der Waals surface area contributed by atoms with E-state index in [1.54, 1.807) is 0 Å². The predicted molar refractivity (Wildman–Crippen MR) is 118 cm³/mol. The quantitative estimate of drug-likeness (QED) is 0.596. The highest BCUT2D eigenvalue weighted by atomic mass is 35.5. The number of hydrogen-bond donors (Lipinski definition) is 0. The van der Waals surface area contributed by atoms with Crippen molar-refractivity contribution >= 4 is 24.0 Å². The fourth-order valence-corrected chi connectivity index (χ4v) is 4.05. The Kier molecular flexibility index (Phi) is 7.61. The van der Waals surface area contributed by atoms with E-state index in [2.05, 4.69) is 50.4 Å². The van der Waals surface area contributed by atoms with Crippen LogP contribution in [0, 0.1) is 0 Å². The number of halogens is 2. The second-order valence-corrected chi connectivity index (χ2v) is 7.48. The molecule has 1 unspecified atom stereocenters. The van der Waals surface area contributed by atoms with Gasteiger partial charge < -0.3 is 4.90 Å². The maximum Gasteiger partial charge on any atom is 0.173 e. The molecule has 0 bridgehead atoms. The standard InChI is InChI=1S/C21H25ClN6.ClH/c1-2-26-12-14-27(15-13-26)20(18-10-6-7-11-19(18)22)21-23-24-25-28(21)16-17-8-4-3-5-9-17;/h3-11,20H,2,12-16H2,1H3;1H. The normalized spacial score (nSPS) is 16.3. The van der Waals surface area contributed by atoms with Crippen molar-refractivity contribution in [2.75, 3.05) is 32.7 Å². The molecule has 1 aromatic heterocycles. The molecule has 4 rings (SSSR count). The van der Waals surface area contributed by atoms with E-state index in [0.717, 1.165) is 49.1 Å². The number of piperazine rings is 1. The number of tetrazole rings is 1. The molecule has 1 aliphatic rings. The summed E-state index contributed by atoms with van der Waals surface area (Å²) < 4.78 is 1.90. The molecule has 1 aliphatic heterocycles. The third kappa shape index (κ3) is 4.95. The van der Waals surface area contributed by atoms with E-state index in [4.69, 9.17) is 11.6 Å². The zero-order valence-corrected chi connectivity index (χ0v) is 18.1. The van der Waals surface area contributed by atoms with Crippen LogP contribution in [0.2, 0.25) is 5.02 Å². The van der Waals surface area contributed by atoms with Gasteiger partial charge in [0.25, 0.3) is 0 Å². The number of nitrogens with zero attached hydrogens (tertiary/aromatic N) is 6. The minimum atomic E-state index is -0.0635. The number of hydrogen-bond acceptors (Lipinski definition) is 5. The van der Waals surface area contributed by atoms with E-state index in [-0.39, 0.29) is 18.4 Å². The van der Waals surface area contributed by atoms with Gasteiger partial charge in [-0.1, -0.05) is 67.1 Å². The molecule has 1 fully saturated rings. The van der Waals surface area contributed by atoms with Crippen molar-refractivity contribution in [3.8, 4) is 0 Å². The maximum atomic E-state index is 6.61. The zero-order chi connectivity index (χ0) is 19.3. The van der Waals surface area contributed by atoms with Crippen LogP contribution in [0.25, 0.3) is 0 Å². The van der Waals surface area contributed by atoms with E-state index >= 15 is 0 Å². The largest absolute Gasteiger partial charge is 0.301 e. The molecule has 0 saturated carbocycles. The van der Waals surface area contributed by atoms with Crippen molar-refractivity contribution in [2.45, 2.75) is 19.5 Å². The van der Waals surface area contributed by atoms with Gasteiger partial charge in [0.2, 0.25) is 0 Å². The van der Waals surface area contributed by atoms with E-state index in [1.165, 1.54) is 5.56 Å². The Balaban J connectivity index is 0.00000240. The molecule has 1 saturated heterocycles. The molecule has 154 valence electrons. The molecule has 0 N–H and O–H groups in total. The molecule has 0 aliphatic carbocycles. The van der Waals surface area contributed by atoms with Gasteiger partial charge in [-0.05, 0) is 34.2 Å². The number of rotatable bonds is 6. The molecule has 0 spiro atoms. The van der Waals surface area contributed by atoms with E-state index in [1.807, 2.05) is 41.1 Å². The molecule has 0 amide bonds. The van der Waals surface area contributed by atoms with Crippen LogP contribution < -0.4 is 0 Å². The average molecular weight is 433 g/mol. The Bertz CT molecular complexity index is 893. The summed E-state index contributed by atoms with van der Waals surface area (Å²) in [6.07, 6.45) is 0. The SMILES string of the molecule is CCN1CCN(C(c2ccccc2Cl)c2nnnn2Cc2ccccc2)CC1.Cl. The van der Waals surface area contributed by atoms with Crippen LogP contribution in [-0.2, 0) is 6.54 Å². The first-order valence-corrected chi connectivity index (χ1v) is 10.1. The minimum Gasteiger partial charge on any atom is -0.301 e. The van der Waals surface area contributed by atoms with Gasteiger partial charge in [-0.15, -0.1) is 17.5 Å². The topological polar surface area (TPSA) is 50.1 Å². The summed E-state index contributed by atoms with van der Waals surface area (Å²) in [5, 5.41) is 13.5. The van der Waals surface area contributed by atoms with E-state index in [9.17, 15) is 0 Å². The van der Waals surface area contributed by atoms with Crippen LogP contribution in [0.1, 0.15) is 29.9 Å². The van der Waals surface area contributed by atoms with Gasteiger partial charge in [-0.3, -0.25) is 4.90 Å². The van der Waals surface area contributed by atoms with Gasteiger partial charge in [-0.25, -0.2) is 4.68 Å². The molecule has 0 radical (unpaired) electrons. The van der Waals surface area contributed by atoms with Crippen molar-refractivity contribution in [3.05, 3.63) is 76.6 Å². The Morgan fingerprint density at radius 2 is 1.66 bits per heavy atom. The predicted octanol–water partition coefficient (Wildman–Crippen LogP) is 3.52. The lowest BCUT2D eigenvalue weighted by Crippen LogP contribution is -2.48. The summed E-state index contributed by atoms with van der Waals surface area (Å²) in [5.74, 6) is 0.835. The smallest absolute Gasteiger partial charge is 0.173 e. The average Bonchev–Trinajstić information content (AvgIpc) is 3.18. The van der Waals surface area contributed by atoms with Crippen molar-refractivity contribution in [1.82, 2.24) is 30.0 Å². The van der Waals surface area contributed by atoms with Crippen molar-refractivity contribution < 1.29 is 0 Å². The van der Waals surface area contributed by atoms with Crippen LogP contribution in [0.3, 0.4) is 0 Å². The van der Waals surface area contributed by atoms with E-state index in [0.29, 0.717) is 6.54 Å². The van der Waals surface area contributed by atoms with Gasteiger partial charge in [0.1, 0.15) is 0 Å². The Labute approximate surface area is 182 Å². The molecular weight excluding hydrogens is 407 g/mol. The first-order chi connectivity index (χ1) is 13.8. The molecule has 3 aromatic rings. The number of aromatic nitrogens is 4. The molecule has 29 heavy (non-hydrogen) atoms. The summed E-state index contributed by atoms with van der Waals surface area (Å²) in [4.78, 5) is 4.91. The van der Waals surface area contributed by atoms with Crippen LogP contribution >= 0.6 is 24.0 Å². The fourth-order valence-electron chi connectivity index (χ4n) is 3.81. The number of benzene rings is 2. The van der Waals surface area contributed by atoms with Gasteiger partial charge in [0.05, 0.1) is 12.6 Å². The third-order valence-electron chi connectivity index (χ3n) is 5.40. The van der Waals surface area contributed by atoms with Gasteiger partial charge in [0.15, 0.2) is 5.82 Å². The molecule has 6 nitrogen and oxygen atoms in total. The number of likely N-dealkylation sites (N-methyl/N-ethyl adjacent to an activating group) is 1. The molecular formula is C21H26Cl2N6. The van der Waals surface area contributed by atoms with Gasteiger partial charge >= 0.3 is 0 Å². The maximum absolute atomic E-state index is 6.61. The molecule has 8 heteroatoms. The lowest BCUT2D eigenvalue weighted by Gasteiger charge is -2.38. The molecule has 2 heterocycles. The van der Waals surface area contributed by atoms with Crippen molar-refractivity contribution in [1.29, 1.82) is 0 Å². The Hall–Kier alpha value is -1.99. The highest BCUT2D eigenvalue weighted by Crippen LogP contribution is 2.32. The third-order valence-corrected chi connectivity index (χ3v) is 5.74. The van der Waals surface area contributed by atoms with Gasteiger partial charge in [0, 0.05) is 31.2 Å². The monoisotopic (exact) mass is 432 g/mol. The fraction of sp³-hybridized carbons (Fsp3) is 0.381. The lowest BCUT2D eigenvalue weighted by atomic mass is 10.0. The lowest BCUT2D eigenvalue weighted by molar-refractivity contribution is 0.108. The molecule has 1 atom stereocenters.